The summed E-state index contributed by atoms with van der Waals surface area (Å²) in [5.41, 5.74) is 3.06. The van der Waals surface area contributed by atoms with Gasteiger partial charge in [0.2, 0.25) is 5.91 Å². The molecule has 6 heteroatoms. The number of ketones is 2. The summed E-state index contributed by atoms with van der Waals surface area (Å²) < 4.78 is 13.7. The van der Waals surface area contributed by atoms with E-state index in [1.54, 1.807) is 0 Å². The number of nitrogens with one attached hydrogen (secondary N) is 1. The van der Waals surface area contributed by atoms with Gasteiger partial charge in [0.15, 0.2) is 11.6 Å². The molecule has 0 radical (unpaired) electrons. The van der Waals surface area contributed by atoms with Gasteiger partial charge in [-0.15, -0.1) is 0 Å². The zero-order valence-corrected chi connectivity index (χ0v) is 19.3. The molecule has 1 saturated heterocycles. The highest BCUT2D eigenvalue weighted by Gasteiger charge is 2.70. The second-order valence-corrected chi connectivity index (χ2v) is 9.49. The highest BCUT2D eigenvalue weighted by molar-refractivity contribution is 6.16. The van der Waals surface area contributed by atoms with E-state index in [9.17, 15) is 18.8 Å². The van der Waals surface area contributed by atoms with Crippen LogP contribution in [-0.2, 0) is 15.0 Å². The SMILES string of the molecule is CC(=O)[C@@H]1[C@H](C(=O)c2ccc(F)cc2)[C@@]2(C(=O)Nc3ccccc32)[C@H]2C=C(C)c3ccccc3N12. The minimum absolute atomic E-state index is 0.202. The zero-order valence-electron chi connectivity index (χ0n) is 19.3. The van der Waals surface area contributed by atoms with E-state index < -0.39 is 29.2 Å². The Morgan fingerprint density at radius 2 is 1.66 bits per heavy atom. The van der Waals surface area contributed by atoms with Gasteiger partial charge >= 0.3 is 0 Å². The van der Waals surface area contributed by atoms with Gasteiger partial charge in [0, 0.05) is 22.5 Å². The number of benzene rings is 3. The van der Waals surface area contributed by atoms with E-state index in [1.807, 2.05) is 66.4 Å². The number of anilines is 2. The summed E-state index contributed by atoms with van der Waals surface area (Å²) in [5.74, 6) is -2.32. The third-order valence-electron chi connectivity index (χ3n) is 7.71. The molecule has 4 atom stereocenters. The van der Waals surface area contributed by atoms with Crippen molar-refractivity contribution in [3.63, 3.8) is 0 Å². The Balaban J connectivity index is 1.68. The summed E-state index contributed by atoms with van der Waals surface area (Å²) >= 11 is 0. The number of amides is 1. The Labute approximate surface area is 202 Å². The molecular weight excluding hydrogens is 443 g/mol. The Bertz CT molecular complexity index is 1440. The summed E-state index contributed by atoms with van der Waals surface area (Å²) in [4.78, 5) is 43.5. The molecule has 174 valence electrons. The maximum absolute atomic E-state index is 14.2. The number of allylic oxidation sites excluding steroid dienone is 1. The van der Waals surface area contributed by atoms with Crippen LogP contribution in [0, 0.1) is 11.7 Å². The molecule has 3 heterocycles. The van der Waals surface area contributed by atoms with Gasteiger partial charge in [0.05, 0.1) is 18.0 Å². The van der Waals surface area contributed by atoms with Gasteiger partial charge in [-0.1, -0.05) is 42.5 Å². The molecule has 0 saturated carbocycles. The van der Waals surface area contributed by atoms with Crippen molar-refractivity contribution in [1.29, 1.82) is 0 Å². The van der Waals surface area contributed by atoms with Crippen LogP contribution in [0.5, 0.6) is 0 Å². The molecular formula is C29H23FN2O3. The molecule has 5 nitrogen and oxygen atoms in total. The van der Waals surface area contributed by atoms with Gasteiger partial charge in [-0.25, -0.2) is 4.39 Å². The first-order valence-electron chi connectivity index (χ1n) is 11.6. The number of nitrogens with zero attached hydrogens (tertiary/aromatic N) is 1. The average molecular weight is 467 g/mol. The molecule has 3 aliphatic heterocycles. The number of hydrogen-bond donors (Lipinski definition) is 1. The van der Waals surface area contributed by atoms with E-state index in [4.69, 9.17) is 0 Å². The fraction of sp³-hybridized carbons (Fsp3) is 0.207. The Morgan fingerprint density at radius 1 is 0.971 bits per heavy atom. The van der Waals surface area contributed by atoms with Gasteiger partial charge < -0.3 is 10.2 Å². The summed E-state index contributed by atoms with van der Waals surface area (Å²) in [6.07, 6.45) is 2.01. The number of halogens is 1. The molecule has 0 unspecified atom stereocenters. The number of Topliss-reactive ketones (excluding diaryl/α,β-unsaturated/α-hetero) is 2. The first-order valence-corrected chi connectivity index (χ1v) is 11.6. The Kier molecular flexibility index (Phi) is 4.58. The van der Waals surface area contributed by atoms with Crippen molar-refractivity contribution in [2.24, 2.45) is 5.92 Å². The number of fused-ring (bicyclic) bond motifs is 6. The summed E-state index contributed by atoms with van der Waals surface area (Å²) in [5, 5.41) is 2.99. The van der Waals surface area contributed by atoms with Crippen molar-refractivity contribution < 1.29 is 18.8 Å². The van der Waals surface area contributed by atoms with E-state index in [-0.39, 0.29) is 23.0 Å². The van der Waals surface area contributed by atoms with Crippen molar-refractivity contribution in [3.8, 4) is 0 Å². The predicted molar refractivity (Wildman–Crippen MR) is 132 cm³/mol. The number of carbonyl (C=O) groups excluding carboxylic acids is 3. The van der Waals surface area contributed by atoms with Crippen LogP contribution in [0.2, 0.25) is 0 Å². The normalized spacial score (nSPS) is 26.0. The smallest absolute Gasteiger partial charge is 0.238 e. The summed E-state index contributed by atoms with van der Waals surface area (Å²) in [6.45, 7) is 3.46. The van der Waals surface area contributed by atoms with E-state index in [2.05, 4.69) is 5.32 Å². The van der Waals surface area contributed by atoms with Crippen molar-refractivity contribution in [2.75, 3.05) is 10.2 Å². The molecule has 1 N–H and O–H groups in total. The maximum Gasteiger partial charge on any atom is 0.238 e. The quantitative estimate of drug-likeness (QED) is 0.565. The van der Waals surface area contributed by atoms with Crippen molar-refractivity contribution in [3.05, 3.63) is 101 Å². The number of carbonyl (C=O) groups is 3. The van der Waals surface area contributed by atoms with Gasteiger partial charge in [-0.2, -0.15) is 0 Å². The standard InChI is InChI=1S/C29H23FN2O3/c1-16-15-24-29(21-8-4-5-9-22(21)31-28(29)35)25(27(34)18-11-13-19(30)14-12-18)26(17(2)33)32(24)23-10-6-3-7-20(16)23/h3-15,24-26H,1-2H3,(H,31,35)/t24-,25-,26-,29+/m1/s1. The lowest BCUT2D eigenvalue weighted by Crippen LogP contribution is -2.51. The monoisotopic (exact) mass is 466 g/mol. The second-order valence-electron chi connectivity index (χ2n) is 9.49. The lowest BCUT2D eigenvalue weighted by molar-refractivity contribution is -0.122. The predicted octanol–water partition coefficient (Wildman–Crippen LogP) is 4.78. The second kappa shape index (κ2) is 7.47. The van der Waals surface area contributed by atoms with Crippen molar-refractivity contribution in [1.82, 2.24) is 0 Å². The molecule has 35 heavy (non-hydrogen) atoms. The van der Waals surface area contributed by atoms with E-state index in [0.717, 1.165) is 16.8 Å². The van der Waals surface area contributed by atoms with Crippen LogP contribution in [0.1, 0.15) is 35.3 Å². The highest BCUT2D eigenvalue weighted by atomic mass is 19.1. The minimum atomic E-state index is -1.33. The van der Waals surface area contributed by atoms with Crippen LogP contribution in [-0.4, -0.2) is 29.6 Å². The Morgan fingerprint density at radius 3 is 2.40 bits per heavy atom. The van der Waals surface area contributed by atoms with Gasteiger partial charge in [0.1, 0.15) is 11.2 Å². The largest absolute Gasteiger partial charge is 0.352 e. The van der Waals surface area contributed by atoms with Crippen LogP contribution in [0.15, 0.2) is 78.9 Å². The first kappa shape index (κ1) is 21.5. The Hall–Kier alpha value is -4.06. The molecule has 3 aromatic carbocycles. The molecule has 3 aromatic rings. The lowest BCUT2D eigenvalue weighted by Gasteiger charge is -2.39. The van der Waals surface area contributed by atoms with Crippen LogP contribution in [0.3, 0.4) is 0 Å². The fourth-order valence-corrected chi connectivity index (χ4v) is 6.33. The maximum atomic E-state index is 14.2. The molecule has 1 fully saturated rings. The third-order valence-corrected chi connectivity index (χ3v) is 7.71. The van der Waals surface area contributed by atoms with E-state index in [1.165, 1.54) is 31.2 Å². The summed E-state index contributed by atoms with van der Waals surface area (Å²) in [7, 11) is 0. The van der Waals surface area contributed by atoms with Crippen LogP contribution in [0.4, 0.5) is 15.8 Å². The van der Waals surface area contributed by atoms with Gasteiger partial charge in [-0.05, 0) is 61.4 Å². The van der Waals surface area contributed by atoms with Crippen LogP contribution < -0.4 is 10.2 Å². The lowest BCUT2D eigenvalue weighted by atomic mass is 9.64. The van der Waals surface area contributed by atoms with Crippen molar-refractivity contribution in [2.45, 2.75) is 31.3 Å². The van der Waals surface area contributed by atoms with Gasteiger partial charge in [-0.3, -0.25) is 14.4 Å². The molecule has 1 spiro atoms. The van der Waals surface area contributed by atoms with E-state index >= 15 is 0 Å². The fourth-order valence-electron chi connectivity index (χ4n) is 6.33. The third kappa shape index (κ3) is 2.77. The topological polar surface area (TPSA) is 66.5 Å². The zero-order chi connectivity index (χ0) is 24.5. The molecule has 0 bridgehead atoms. The average Bonchev–Trinajstić information content (AvgIpc) is 3.32. The number of rotatable bonds is 3. The van der Waals surface area contributed by atoms with E-state index in [0.29, 0.717) is 11.3 Å². The van der Waals surface area contributed by atoms with Gasteiger partial charge in [0.25, 0.3) is 0 Å². The molecule has 6 rings (SSSR count). The molecule has 1 amide bonds. The van der Waals surface area contributed by atoms with Crippen LogP contribution in [0.25, 0.3) is 5.57 Å². The first-order chi connectivity index (χ1) is 16.9. The minimum Gasteiger partial charge on any atom is -0.352 e. The van der Waals surface area contributed by atoms with Crippen LogP contribution >= 0.6 is 0 Å². The van der Waals surface area contributed by atoms with Crippen molar-refractivity contribution >= 4 is 34.4 Å². The number of para-hydroxylation sites is 2. The summed E-state index contributed by atoms with van der Waals surface area (Å²) in [6, 6.07) is 19.0. The molecule has 0 aliphatic carbocycles. The molecule has 3 aliphatic rings. The number of hydrogen-bond acceptors (Lipinski definition) is 4. The highest BCUT2D eigenvalue weighted by Crippen LogP contribution is 2.58. The molecule has 0 aromatic heterocycles.